The number of hydrogen-bond acceptors (Lipinski definition) is 0. The zero-order chi connectivity index (χ0) is 36.7. The lowest BCUT2D eigenvalue weighted by molar-refractivity contribution is 0.631. The first-order chi connectivity index (χ1) is 25.4. The van der Waals surface area contributed by atoms with Crippen LogP contribution in [0.5, 0.6) is 0 Å². The van der Waals surface area contributed by atoms with Crippen LogP contribution in [0.3, 0.4) is 0 Å². The van der Waals surface area contributed by atoms with E-state index in [0.29, 0.717) is 11.1 Å². The molecule has 0 aliphatic carbocycles. The summed E-state index contributed by atoms with van der Waals surface area (Å²) in [5.74, 6) is -0.361. The number of aryl methyl sites for hydroxylation is 4. The van der Waals surface area contributed by atoms with E-state index in [-0.39, 0.29) is 11.6 Å². The van der Waals surface area contributed by atoms with Gasteiger partial charge in [-0.25, -0.2) is 8.78 Å². The van der Waals surface area contributed by atoms with Crippen molar-refractivity contribution in [2.75, 3.05) is 0 Å². The highest BCUT2D eigenvalue weighted by Gasteiger charge is 2.10. The summed E-state index contributed by atoms with van der Waals surface area (Å²) in [7, 11) is 0. The number of halogens is 2. The minimum Gasteiger partial charge on any atom is -0.206 e. The van der Waals surface area contributed by atoms with Crippen molar-refractivity contribution in [3.8, 4) is 44.5 Å². The molecule has 0 aromatic heterocycles. The van der Waals surface area contributed by atoms with Crippen molar-refractivity contribution in [2.45, 2.75) is 65.2 Å². The molecule has 0 amide bonds. The number of allylic oxidation sites excluding steroid dienone is 2. The molecule has 0 aliphatic rings. The van der Waals surface area contributed by atoms with Gasteiger partial charge in [0.1, 0.15) is 11.6 Å². The Morgan fingerprint density at radius 2 is 0.673 bits per heavy atom. The molecule has 0 spiro atoms. The van der Waals surface area contributed by atoms with Crippen molar-refractivity contribution in [1.29, 1.82) is 0 Å². The van der Waals surface area contributed by atoms with Gasteiger partial charge in [-0.3, -0.25) is 0 Å². The topological polar surface area (TPSA) is 0 Å². The van der Waals surface area contributed by atoms with Gasteiger partial charge in [0.05, 0.1) is 0 Å². The smallest absolute Gasteiger partial charge is 0.131 e. The van der Waals surface area contributed by atoms with E-state index in [1.807, 2.05) is 60.7 Å². The second-order valence-electron chi connectivity index (χ2n) is 13.3. The average Bonchev–Trinajstić information content (AvgIpc) is 3.18. The largest absolute Gasteiger partial charge is 0.206 e. The van der Waals surface area contributed by atoms with Crippen molar-refractivity contribution in [2.24, 2.45) is 0 Å². The van der Waals surface area contributed by atoms with Crippen LogP contribution in [-0.4, -0.2) is 0 Å². The van der Waals surface area contributed by atoms with E-state index in [2.05, 4.69) is 99.8 Å². The van der Waals surface area contributed by atoms with Crippen molar-refractivity contribution >= 4 is 0 Å². The number of hydrogen-bond donors (Lipinski definition) is 0. The van der Waals surface area contributed by atoms with Crippen LogP contribution in [-0.2, 0) is 25.7 Å². The maximum Gasteiger partial charge on any atom is 0.131 e. The molecule has 0 bridgehead atoms. The Morgan fingerprint density at radius 3 is 0.962 bits per heavy atom. The Labute approximate surface area is 310 Å². The molecule has 0 unspecified atom stereocenters. The monoisotopic (exact) mass is 688 g/mol. The van der Waals surface area contributed by atoms with E-state index in [9.17, 15) is 8.78 Å². The summed E-state index contributed by atoms with van der Waals surface area (Å²) in [5.41, 5.74) is 12.2. The maximum atomic E-state index is 14.7. The van der Waals surface area contributed by atoms with E-state index >= 15 is 0 Å². The molecule has 264 valence electrons. The predicted molar refractivity (Wildman–Crippen MR) is 220 cm³/mol. The van der Waals surface area contributed by atoms with Crippen LogP contribution in [0.4, 0.5) is 8.78 Å². The second kappa shape index (κ2) is 19.3. The summed E-state index contributed by atoms with van der Waals surface area (Å²) < 4.78 is 29.4. The number of benzene rings is 6. The molecule has 0 N–H and O–H groups in total. The van der Waals surface area contributed by atoms with E-state index in [1.165, 1.54) is 22.3 Å². The molecule has 0 nitrogen and oxygen atoms in total. The molecule has 2 heteroatoms. The average molecular weight is 689 g/mol. The lowest BCUT2D eigenvalue weighted by Gasteiger charge is -2.09. The van der Waals surface area contributed by atoms with Crippen molar-refractivity contribution in [3.63, 3.8) is 0 Å². The molecule has 6 rings (SSSR count). The lowest BCUT2D eigenvalue weighted by atomic mass is 9.97. The summed E-state index contributed by atoms with van der Waals surface area (Å²) in [4.78, 5) is 0. The Kier molecular flexibility index (Phi) is 14.1. The first-order valence-corrected chi connectivity index (χ1v) is 18.6. The van der Waals surface area contributed by atoms with Gasteiger partial charge in [-0.05, 0) is 106 Å². The van der Waals surface area contributed by atoms with Gasteiger partial charge >= 0.3 is 0 Å². The van der Waals surface area contributed by atoms with Gasteiger partial charge < -0.3 is 0 Å². The molecule has 52 heavy (non-hydrogen) atoms. The Bertz CT molecular complexity index is 2020. The van der Waals surface area contributed by atoms with Crippen LogP contribution in [0.1, 0.15) is 61.8 Å². The highest BCUT2D eigenvalue weighted by Crippen LogP contribution is 2.30. The van der Waals surface area contributed by atoms with Crippen LogP contribution in [0, 0.1) is 11.6 Å². The standard InChI is InChI=1S/2C25H25F/c1-3-5-7-20-8-12-21(13-9-20)23-16-17-24(25(26)18-23)22-14-10-19(6-4-2)11-15-22;1-3-5-7-20-10-14-22(15-11-20)24-17-16-23(18-25(24)26)21-12-8-19(6-4-2)9-13-21/h2*3,8-18H,1,4-7H2,2H3. The maximum absolute atomic E-state index is 14.7. The summed E-state index contributed by atoms with van der Waals surface area (Å²) in [5, 5.41) is 0. The normalized spacial score (nSPS) is 10.7. The fourth-order valence-electron chi connectivity index (χ4n) is 6.40. The summed E-state index contributed by atoms with van der Waals surface area (Å²) >= 11 is 0. The van der Waals surface area contributed by atoms with Gasteiger partial charge in [-0.2, -0.15) is 0 Å². The molecule has 0 heterocycles. The van der Waals surface area contributed by atoms with Gasteiger partial charge in [0.15, 0.2) is 0 Å². The van der Waals surface area contributed by atoms with Gasteiger partial charge in [0, 0.05) is 11.1 Å². The van der Waals surface area contributed by atoms with Crippen LogP contribution in [0.15, 0.2) is 159 Å². The van der Waals surface area contributed by atoms with Crippen molar-refractivity contribution < 1.29 is 8.78 Å². The van der Waals surface area contributed by atoms with Crippen LogP contribution in [0.25, 0.3) is 44.5 Å². The minimum atomic E-state index is -0.182. The summed E-state index contributed by atoms with van der Waals surface area (Å²) in [6.07, 6.45) is 12.1. The molecule has 0 radical (unpaired) electrons. The zero-order valence-corrected chi connectivity index (χ0v) is 30.7. The SMILES string of the molecule is C=CCCc1ccc(-c2ccc(-c3ccc(CCC)cc3)c(F)c2)cc1.C=CCCc1ccc(-c2ccc(-c3ccc(CCC)cc3)cc2F)cc1. The van der Waals surface area contributed by atoms with E-state index in [4.69, 9.17) is 0 Å². The van der Waals surface area contributed by atoms with Gasteiger partial charge in [-0.15, -0.1) is 13.2 Å². The third-order valence-electron chi connectivity index (χ3n) is 9.39. The molecular formula is C50H50F2. The number of rotatable bonds is 14. The van der Waals surface area contributed by atoms with Gasteiger partial charge in [-0.1, -0.05) is 160 Å². The first kappa shape index (κ1) is 37.9. The van der Waals surface area contributed by atoms with Crippen LogP contribution >= 0.6 is 0 Å². The third kappa shape index (κ3) is 10.4. The minimum absolute atomic E-state index is 0.179. The van der Waals surface area contributed by atoms with Crippen molar-refractivity contribution in [3.05, 3.63) is 193 Å². The fourth-order valence-corrected chi connectivity index (χ4v) is 6.40. The zero-order valence-electron chi connectivity index (χ0n) is 30.7. The molecule has 0 saturated heterocycles. The lowest BCUT2D eigenvalue weighted by Crippen LogP contribution is -1.89. The third-order valence-corrected chi connectivity index (χ3v) is 9.39. The predicted octanol–water partition coefficient (Wildman–Crippen LogP) is 14.5. The van der Waals surface area contributed by atoms with Crippen LogP contribution < -0.4 is 0 Å². The van der Waals surface area contributed by atoms with Gasteiger partial charge in [0.25, 0.3) is 0 Å². The molecule has 0 aliphatic heterocycles. The fraction of sp³-hybridized carbons (Fsp3) is 0.200. The highest BCUT2D eigenvalue weighted by atomic mass is 19.1. The Morgan fingerprint density at radius 1 is 0.385 bits per heavy atom. The Hall–Kier alpha value is -5.34. The van der Waals surface area contributed by atoms with E-state index in [1.54, 1.807) is 12.1 Å². The Balaban J connectivity index is 0.000000201. The molecule has 6 aromatic carbocycles. The second-order valence-corrected chi connectivity index (χ2v) is 13.3. The van der Waals surface area contributed by atoms with E-state index in [0.717, 1.165) is 84.7 Å². The summed E-state index contributed by atoms with van der Waals surface area (Å²) in [6, 6.07) is 44.1. The molecular weight excluding hydrogens is 639 g/mol. The van der Waals surface area contributed by atoms with Crippen LogP contribution in [0.2, 0.25) is 0 Å². The molecule has 6 aromatic rings. The summed E-state index contributed by atoms with van der Waals surface area (Å²) in [6.45, 7) is 11.8. The highest BCUT2D eigenvalue weighted by molar-refractivity contribution is 5.72. The molecule has 0 atom stereocenters. The first-order valence-electron chi connectivity index (χ1n) is 18.6. The van der Waals surface area contributed by atoms with Gasteiger partial charge in [0.2, 0.25) is 0 Å². The molecule has 0 fully saturated rings. The van der Waals surface area contributed by atoms with E-state index < -0.39 is 0 Å². The van der Waals surface area contributed by atoms with Crippen molar-refractivity contribution in [1.82, 2.24) is 0 Å². The molecule has 0 saturated carbocycles. The quantitative estimate of drug-likeness (QED) is 0.1000.